The van der Waals surface area contributed by atoms with E-state index in [1.165, 1.54) is 13.3 Å². The first-order valence-electron chi connectivity index (χ1n) is 11.5. The molecule has 2 N–H and O–H groups in total. The number of nitrogens with one attached hydrogen (secondary N) is 2. The molecular weight excluding hydrogens is 394 g/mol. The second-order valence-corrected chi connectivity index (χ2v) is 8.71. The number of piperidine rings is 1. The van der Waals surface area contributed by atoms with Crippen LogP contribution in [0.4, 0.5) is 0 Å². The number of hydrogen-bond acceptors (Lipinski definition) is 4. The maximum atomic E-state index is 13.0. The number of methoxy groups -OCH3 is 1. The number of hydrogen-bond donors (Lipinski definition) is 2. The zero-order valence-corrected chi connectivity index (χ0v) is 18.7. The molecule has 1 atom stereocenters. The molecule has 1 saturated heterocycles. The number of carbonyl (C=O) groups is 3. The number of amides is 3. The van der Waals surface area contributed by atoms with E-state index in [9.17, 15) is 14.4 Å². The van der Waals surface area contributed by atoms with Gasteiger partial charge in [-0.1, -0.05) is 37.5 Å². The highest BCUT2D eigenvalue weighted by Gasteiger charge is 2.31. The Kier molecular flexibility index (Phi) is 8.32. The lowest BCUT2D eigenvalue weighted by Crippen LogP contribution is -2.53. The SMILES string of the molecule is COc1ccccc1C[C@H](NC(C)=O)C(=O)NC1CCN(C(=O)C2CCCCC2)CC1. The molecule has 31 heavy (non-hydrogen) atoms. The lowest BCUT2D eigenvalue weighted by atomic mass is 9.87. The monoisotopic (exact) mass is 429 g/mol. The summed E-state index contributed by atoms with van der Waals surface area (Å²) in [5.41, 5.74) is 0.867. The van der Waals surface area contributed by atoms with Gasteiger partial charge >= 0.3 is 0 Å². The average molecular weight is 430 g/mol. The standard InChI is InChI=1S/C24H35N3O4/c1-17(28)25-21(16-19-10-6-7-11-22(19)31-2)23(29)26-20-12-14-27(15-13-20)24(30)18-8-4-3-5-9-18/h6-7,10-11,18,20-21H,3-5,8-9,12-16H2,1-2H3,(H,25,28)(H,26,29)/t21-/m0/s1. The maximum absolute atomic E-state index is 13.0. The van der Waals surface area contributed by atoms with Crippen LogP contribution in [0.5, 0.6) is 5.75 Å². The molecule has 2 fully saturated rings. The minimum atomic E-state index is -0.671. The molecule has 1 heterocycles. The highest BCUT2D eigenvalue weighted by molar-refractivity contribution is 5.87. The van der Waals surface area contributed by atoms with Gasteiger partial charge in [-0.05, 0) is 37.3 Å². The molecule has 0 radical (unpaired) electrons. The summed E-state index contributed by atoms with van der Waals surface area (Å²) in [5.74, 6) is 0.725. The largest absolute Gasteiger partial charge is 0.496 e. The van der Waals surface area contributed by atoms with E-state index in [0.29, 0.717) is 25.3 Å². The Labute approximate surface area is 184 Å². The number of carbonyl (C=O) groups excluding carboxylic acids is 3. The van der Waals surface area contributed by atoms with Crippen LogP contribution in [-0.4, -0.2) is 54.9 Å². The molecule has 1 aromatic carbocycles. The number of benzene rings is 1. The van der Waals surface area contributed by atoms with Gasteiger partial charge in [0.2, 0.25) is 17.7 Å². The van der Waals surface area contributed by atoms with Crippen LogP contribution in [-0.2, 0) is 20.8 Å². The summed E-state index contributed by atoms with van der Waals surface area (Å²) in [5, 5.41) is 5.86. The molecule has 170 valence electrons. The fourth-order valence-electron chi connectivity index (χ4n) is 4.70. The Bertz CT molecular complexity index is 768. The summed E-state index contributed by atoms with van der Waals surface area (Å²) >= 11 is 0. The third kappa shape index (κ3) is 6.45. The van der Waals surface area contributed by atoms with Gasteiger partial charge in [0.05, 0.1) is 7.11 Å². The predicted molar refractivity (Wildman–Crippen MR) is 119 cm³/mol. The molecule has 3 amide bonds. The number of ether oxygens (including phenoxy) is 1. The molecule has 0 aromatic heterocycles. The first-order chi connectivity index (χ1) is 15.0. The lowest BCUT2D eigenvalue weighted by molar-refractivity contribution is -0.138. The summed E-state index contributed by atoms with van der Waals surface area (Å²) in [6.45, 7) is 2.77. The third-order valence-corrected chi connectivity index (χ3v) is 6.42. The van der Waals surface area contributed by atoms with E-state index in [0.717, 1.165) is 44.1 Å². The van der Waals surface area contributed by atoms with Crippen molar-refractivity contribution >= 4 is 17.7 Å². The van der Waals surface area contributed by atoms with Crippen LogP contribution >= 0.6 is 0 Å². The van der Waals surface area contributed by atoms with Crippen LogP contribution in [0.3, 0.4) is 0 Å². The van der Waals surface area contributed by atoms with E-state index in [1.807, 2.05) is 29.2 Å². The van der Waals surface area contributed by atoms with Crippen molar-refractivity contribution in [1.82, 2.24) is 15.5 Å². The Balaban J connectivity index is 1.54. The zero-order chi connectivity index (χ0) is 22.2. The third-order valence-electron chi connectivity index (χ3n) is 6.42. The summed E-state index contributed by atoms with van der Waals surface area (Å²) in [6.07, 6.45) is 7.40. The van der Waals surface area contributed by atoms with Gasteiger partial charge in [-0.25, -0.2) is 0 Å². The average Bonchev–Trinajstić information content (AvgIpc) is 2.79. The molecule has 7 heteroatoms. The number of para-hydroxylation sites is 1. The Morgan fingerprint density at radius 3 is 2.39 bits per heavy atom. The van der Waals surface area contributed by atoms with Crippen molar-refractivity contribution in [3.63, 3.8) is 0 Å². The zero-order valence-electron chi connectivity index (χ0n) is 18.7. The van der Waals surface area contributed by atoms with Gasteiger partial charge in [0.25, 0.3) is 0 Å². The summed E-state index contributed by atoms with van der Waals surface area (Å²) in [4.78, 5) is 39.4. The highest BCUT2D eigenvalue weighted by atomic mass is 16.5. The van der Waals surface area contributed by atoms with E-state index in [-0.39, 0.29) is 29.7 Å². The van der Waals surface area contributed by atoms with Gasteiger partial charge in [-0.15, -0.1) is 0 Å². The predicted octanol–water partition coefficient (Wildman–Crippen LogP) is 2.43. The van der Waals surface area contributed by atoms with E-state index >= 15 is 0 Å². The van der Waals surface area contributed by atoms with Crippen molar-refractivity contribution < 1.29 is 19.1 Å². The van der Waals surface area contributed by atoms with Crippen molar-refractivity contribution in [3.05, 3.63) is 29.8 Å². The Morgan fingerprint density at radius 1 is 1.06 bits per heavy atom. The van der Waals surface area contributed by atoms with Gasteiger partial charge in [0.1, 0.15) is 11.8 Å². The van der Waals surface area contributed by atoms with Gasteiger partial charge < -0.3 is 20.3 Å². The molecule has 2 aliphatic rings. The molecular formula is C24H35N3O4. The smallest absolute Gasteiger partial charge is 0.243 e. The molecule has 1 saturated carbocycles. The van der Waals surface area contributed by atoms with E-state index in [1.54, 1.807) is 7.11 Å². The highest BCUT2D eigenvalue weighted by Crippen LogP contribution is 2.26. The normalized spacial score (nSPS) is 18.8. The van der Waals surface area contributed by atoms with Crippen molar-refractivity contribution in [2.24, 2.45) is 5.92 Å². The molecule has 0 unspecified atom stereocenters. The molecule has 1 aliphatic carbocycles. The number of rotatable bonds is 7. The fraction of sp³-hybridized carbons (Fsp3) is 0.625. The minimum Gasteiger partial charge on any atom is -0.496 e. The summed E-state index contributed by atoms with van der Waals surface area (Å²) in [6, 6.07) is 6.85. The molecule has 1 aliphatic heterocycles. The van der Waals surface area contributed by atoms with Crippen molar-refractivity contribution in [2.45, 2.75) is 70.4 Å². The minimum absolute atomic E-state index is 0.0110. The van der Waals surface area contributed by atoms with Crippen molar-refractivity contribution in [2.75, 3.05) is 20.2 Å². The number of nitrogens with zero attached hydrogens (tertiary/aromatic N) is 1. The lowest BCUT2D eigenvalue weighted by Gasteiger charge is -2.36. The van der Waals surface area contributed by atoms with E-state index in [2.05, 4.69) is 10.6 Å². The second-order valence-electron chi connectivity index (χ2n) is 8.71. The first kappa shape index (κ1) is 23.1. The van der Waals surface area contributed by atoms with Crippen LogP contribution < -0.4 is 15.4 Å². The van der Waals surface area contributed by atoms with Crippen molar-refractivity contribution in [1.29, 1.82) is 0 Å². The molecule has 0 spiro atoms. The number of likely N-dealkylation sites (tertiary alicyclic amines) is 1. The van der Waals surface area contributed by atoms with Crippen LogP contribution in [0.25, 0.3) is 0 Å². The van der Waals surface area contributed by atoms with Crippen LogP contribution in [0.15, 0.2) is 24.3 Å². The van der Waals surface area contributed by atoms with Crippen LogP contribution in [0, 0.1) is 5.92 Å². The van der Waals surface area contributed by atoms with E-state index < -0.39 is 6.04 Å². The van der Waals surface area contributed by atoms with Crippen LogP contribution in [0.2, 0.25) is 0 Å². The van der Waals surface area contributed by atoms with E-state index in [4.69, 9.17) is 4.74 Å². The molecule has 1 aromatic rings. The van der Waals surface area contributed by atoms with Crippen molar-refractivity contribution in [3.8, 4) is 5.75 Å². The Morgan fingerprint density at radius 2 is 1.74 bits per heavy atom. The van der Waals surface area contributed by atoms with Gasteiger partial charge in [0.15, 0.2) is 0 Å². The molecule has 7 nitrogen and oxygen atoms in total. The summed E-state index contributed by atoms with van der Waals surface area (Å²) in [7, 11) is 1.59. The second kappa shape index (κ2) is 11.2. The van der Waals surface area contributed by atoms with Gasteiger partial charge in [0, 0.05) is 38.4 Å². The fourth-order valence-corrected chi connectivity index (χ4v) is 4.70. The maximum Gasteiger partial charge on any atom is 0.243 e. The topological polar surface area (TPSA) is 87.7 Å². The summed E-state index contributed by atoms with van der Waals surface area (Å²) < 4.78 is 5.38. The quantitative estimate of drug-likeness (QED) is 0.697. The molecule has 3 rings (SSSR count). The molecule has 0 bridgehead atoms. The first-order valence-corrected chi connectivity index (χ1v) is 11.5. The van der Waals surface area contributed by atoms with Crippen LogP contribution in [0.1, 0.15) is 57.4 Å². The van der Waals surface area contributed by atoms with Gasteiger partial charge in [-0.3, -0.25) is 14.4 Å². The van der Waals surface area contributed by atoms with Gasteiger partial charge in [-0.2, -0.15) is 0 Å². The Hall–Kier alpha value is -2.57.